The normalized spacial score (nSPS) is 14.8. The molecule has 0 aromatic carbocycles. The zero-order chi connectivity index (χ0) is 14.3. The van der Waals surface area contributed by atoms with Crippen molar-refractivity contribution in [2.24, 2.45) is 4.99 Å². The second kappa shape index (κ2) is 7.57. The number of hydrogen-bond donors (Lipinski definition) is 0. The van der Waals surface area contributed by atoms with Gasteiger partial charge in [-0.3, -0.25) is 0 Å². The minimum Gasteiger partial charge on any atom is -0.476 e. The van der Waals surface area contributed by atoms with Gasteiger partial charge >= 0.3 is 0 Å². The van der Waals surface area contributed by atoms with Crippen molar-refractivity contribution in [1.82, 2.24) is 4.90 Å². The van der Waals surface area contributed by atoms with Crippen LogP contribution in [-0.2, 0) is 4.74 Å². The molecule has 0 spiro atoms. The first-order chi connectivity index (χ1) is 8.15. The third-order valence-electron chi connectivity index (χ3n) is 2.57. The van der Waals surface area contributed by atoms with Crippen molar-refractivity contribution in [2.45, 2.75) is 59.1 Å². The molecule has 3 nitrogen and oxygen atoms in total. The lowest BCUT2D eigenvalue weighted by molar-refractivity contribution is 0.114. The van der Waals surface area contributed by atoms with Gasteiger partial charge in [0, 0.05) is 6.92 Å². The van der Waals surface area contributed by atoms with E-state index in [0.29, 0.717) is 0 Å². The highest BCUT2D eigenvalue weighted by Crippen LogP contribution is 2.15. The zero-order valence-electron chi connectivity index (χ0n) is 13.2. The maximum atomic E-state index is 5.76. The van der Waals surface area contributed by atoms with Crippen LogP contribution in [-0.4, -0.2) is 43.1 Å². The molecule has 0 saturated carbocycles. The molecule has 0 fully saturated rings. The lowest BCUT2D eigenvalue weighted by atomic mass is 10.0. The number of nitrogens with zero attached hydrogens (tertiary/aromatic N) is 2. The van der Waals surface area contributed by atoms with Crippen molar-refractivity contribution in [3.05, 3.63) is 12.2 Å². The topological polar surface area (TPSA) is 24.8 Å². The van der Waals surface area contributed by atoms with Crippen LogP contribution in [0.4, 0.5) is 0 Å². The van der Waals surface area contributed by atoms with Crippen molar-refractivity contribution < 1.29 is 4.74 Å². The van der Waals surface area contributed by atoms with E-state index < -0.39 is 0 Å². The molecule has 0 aliphatic carbocycles. The Morgan fingerprint density at radius 1 is 1.33 bits per heavy atom. The molecule has 0 radical (unpaired) electrons. The third kappa shape index (κ3) is 8.29. The second-order valence-electron chi connectivity index (χ2n) is 5.98. The smallest absolute Gasteiger partial charge is 0.181 e. The first-order valence-electron chi connectivity index (χ1n) is 6.71. The number of hydrogen-bond acceptors (Lipinski definition) is 3. The monoisotopic (exact) mass is 254 g/mol. The summed E-state index contributed by atoms with van der Waals surface area (Å²) in [5.41, 5.74) is 0.987. The summed E-state index contributed by atoms with van der Waals surface area (Å²) >= 11 is 0. The Balaban J connectivity index is 4.66. The van der Waals surface area contributed by atoms with Gasteiger partial charge in [0.15, 0.2) is 5.90 Å². The molecule has 0 aliphatic rings. The highest BCUT2D eigenvalue weighted by molar-refractivity contribution is 5.74. The van der Waals surface area contributed by atoms with Crippen LogP contribution in [0.5, 0.6) is 0 Å². The van der Waals surface area contributed by atoms with E-state index in [0.717, 1.165) is 25.3 Å². The molecule has 1 atom stereocenters. The Morgan fingerprint density at radius 2 is 1.89 bits per heavy atom. The Bertz CT molecular complexity index is 287. The van der Waals surface area contributed by atoms with Crippen LogP contribution in [0.15, 0.2) is 17.1 Å². The lowest BCUT2D eigenvalue weighted by Crippen LogP contribution is -2.25. The minimum absolute atomic E-state index is 0.166. The molecule has 0 amide bonds. The maximum absolute atomic E-state index is 5.76. The largest absolute Gasteiger partial charge is 0.476 e. The van der Waals surface area contributed by atoms with Crippen LogP contribution in [0.2, 0.25) is 0 Å². The second-order valence-corrected chi connectivity index (χ2v) is 5.98. The van der Waals surface area contributed by atoms with E-state index in [1.165, 1.54) is 5.57 Å². The SMILES string of the molecule is C=C(CC)C(CCN(C)C)N=C(C)OC(C)(C)C. The van der Waals surface area contributed by atoms with Crippen molar-refractivity contribution in [3.63, 3.8) is 0 Å². The summed E-state index contributed by atoms with van der Waals surface area (Å²) in [6.07, 6.45) is 1.95. The van der Waals surface area contributed by atoms with Gasteiger partial charge in [0.05, 0.1) is 6.04 Å². The summed E-state index contributed by atoms with van der Waals surface area (Å²) in [4.78, 5) is 6.84. The van der Waals surface area contributed by atoms with Crippen molar-refractivity contribution in [1.29, 1.82) is 0 Å². The molecule has 0 aliphatic heterocycles. The van der Waals surface area contributed by atoms with Crippen molar-refractivity contribution in [3.8, 4) is 0 Å². The van der Waals surface area contributed by atoms with Crippen molar-refractivity contribution >= 4 is 5.90 Å². The van der Waals surface area contributed by atoms with Crippen LogP contribution in [0.1, 0.15) is 47.5 Å². The first kappa shape index (κ1) is 17.2. The predicted octanol–water partition coefficient (Wildman–Crippen LogP) is 3.51. The summed E-state index contributed by atoms with van der Waals surface area (Å²) in [5.74, 6) is 0.751. The Labute approximate surface area is 113 Å². The molecule has 0 saturated heterocycles. The summed E-state index contributed by atoms with van der Waals surface area (Å²) in [5, 5.41) is 0. The van der Waals surface area contributed by atoms with E-state index in [-0.39, 0.29) is 11.6 Å². The van der Waals surface area contributed by atoms with Gasteiger partial charge in [-0.1, -0.05) is 19.1 Å². The Hall–Kier alpha value is -0.830. The maximum Gasteiger partial charge on any atom is 0.181 e. The van der Waals surface area contributed by atoms with Crippen LogP contribution in [0, 0.1) is 0 Å². The number of aliphatic imine (C=N–C) groups is 1. The highest BCUT2D eigenvalue weighted by Gasteiger charge is 2.15. The predicted molar refractivity (Wildman–Crippen MR) is 80.3 cm³/mol. The summed E-state index contributed by atoms with van der Waals surface area (Å²) < 4.78 is 5.76. The van der Waals surface area contributed by atoms with E-state index >= 15 is 0 Å². The average molecular weight is 254 g/mol. The number of rotatable bonds is 6. The van der Waals surface area contributed by atoms with E-state index in [1.54, 1.807) is 0 Å². The van der Waals surface area contributed by atoms with Crippen molar-refractivity contribution in [2.75, 3.05) is 20.6 Å². The third-order valence-corrected chi connectivity index (χ3v) is 2.57. The van der Waals surface area contributed by atoms with Crippen LogP contribution >= 0.6 is 0 Å². The molecule has 106 valence electrons. The molecular weight excluding hydrogens is 224 g/mol. The fraction of sp³-hybridized carbons (Fsp3) is 0.800. The average Bonchev–Trinajstić information content (AvgIpc) is 2.20. The molecule has 0 aromatic rings. The molecule has 0 heterocycles. The number of ether oxygens (including phenoxy) is 1. The van der Waals surface area contributed by atoms with Gasteiger partial charge in [-0.25, -0.2) is 4.99 Å². The molecule has 0 N–H and O–H groups in total. The molecule has 0 rings (SSSR count). The fourth-order valence-corrected chi connectivity index (χ4v) is 1.66. The van der Waals surface area contributed by atoms with Gasteiger partial charge < -0.3 is 9.64 Å². The van der Waals surface area contributed by atoms with Crippen LogP contribution in [0.3, 0.4) is 0 Å². The molecule has 3 heteroatoms. The summed E-state index contributed by atoms with van der Waals surface area (Å²) in [7, 11) is 4.15. The summed E-state index contributed by atoms with van der Waals surface area (Å²) in [6.45, 7) is 15.3. The van der Waals surface area contributed by atoms with Crippen LogP contribution in [0.25, 0.3) is 0 Å². The van der Waals surface area contributed by atoms with Gasteiger partial charge in [-0.05, 0) is 54.3 Å². The fourth-order valence-electron chi connectivity index (χ4n) is 1.66. The van der Waals surface area contributed by atoms with Gasteiger partial charge in [-0.2, -0.15) is 0 Å². The van der Waals surface area contributed by atoms with Gasteiger partial charge in [-0.15, -0.1) is 0 Å². The highest BCUT2D eigenvalue weighted by atomic mass is 16.5. The van der Waals surface area contributed by atoms with Crippen LogP contribution < -0.4 is 0 Å². The minimum atomic E-state index is -0.187. The van der Waals surface area contributed by atoms with E-state index in [4.69, 9.17) is 4.74 Å². The Kier molecular flexibility index (Phi) is 7.22. The van der Waals surface area contributed by atoms with E-state index in [9.17, 15) is 0 Å². The van der Waals surface area contributed by atoms with Gasteiger partial charge in [0.2, 0.25) is 0 Å². The molecule has 18 heavy (non-hydrogen) atoms. The molecule has 0 bridgehead atoms. The molecule has 0 aromatic heterocycles. The zero-order valence-corrected chi connectivity index (χ0v) is 13.2. The van der Waals surface area contributed by atoms with Gasteiger partial charge in [0.25, 0.3) is 0 Å². The molecular formula is C15H30N2O. The van der Waals surface area contributed by atoms with E-state index in [2.05, 4.69) is 37.5 Å². The standard InChI is InChI=1S/C15H30N2O/c1-9-12(2)14(10-11-17(7)8)16-13(3)18-15(4,5)6/h14H,2,9-11H2,1,3-8H3. The van der Waals surface area contributed by atoms with Gasteiger partial charge in [0.1, 0.15) is 5.60 Å². The Morgan fingerprint density at radius 3 is 2.28 bits per heavy atom. The lowest BCUT2D eigenvalue weighted by Gasteiger charge is -2.23. The summed E-state index contributed by atoms with van der Waals surface area (Å²) in [6, 6.07) is 0.166. The van der Waals surface area contributed by atoms with E-state index in [1.807, 2.05) is 27.7 Å². The first-order valence-corrected chi connectivity index (χ1v) is 6.71. The quantitative estimate of drug-likeness (QED) is 0.412. The molecule has 1 unspecified atom stereocenters.